The summed E-state index contributed by atoms with van der Waals surface area (Å²) >= 11 is 0. The highest BCUT2D eigenvalue weighted by Crippen LogP contribution is 2.36. The summed E-state index contributed by atoms with van der Waals surface area (Å²) in [6.07, 6.45) is 0. The Kier molecular flexibility index (Phi) is 9.53. The first-order chi connectivity index (χ1) is 24.0. The number of nitrogens with zero attached hydrogens (tertiary/aromatic N) is 5. The number of hydrogen-bond acceptors (Lipinski definition) is 11. The molecule has 2 atom stereocenters. The number of rotatable bonds is 8. The van der Waals surface area contributed by atoms with Gasteiger partial charge in [-0.25, -0.2) is 10.5 Å². The SMILES string of the molecule is CC1COCCN1c1nc(N2CCOCC2C)c2ccc(-c3cccc(C(=O)NOCc4ccc(B5OC(C)(C)C(C)(C)O5)cc4)c3)nc2n1. The first-order valence-corrected chi connectivity index (χ1v) is 17.3. The third-order valence-electron chi connectivity index (χ3n) is 10.1. The first kappa shape index (κ1) is 34.3. The van der Waals surface area contributed by atoms with Gasteiger partial charge in [0.2, 0.25) is 5.95 Å². The quantitative estimate of drug-likeness (QED) is 0.212. The molecule has 0 aliphatic carbocycles. The maximum atomic E-state index is 13.1. The fourth-order valence-electron chi connectivity index (χ4n) is 6.37. The van der Waals surface area contributed by atoms with Crippen LogP contribution < -0.4 is 20.7 Å². The lowest BCUT2D eigenvalue weighted by Gasteiger charge is -2.37. The number of amides is 1. The molecule has 5 heterocycles. The second-order valence-corrected chi connectivity index (χ2v) is 14.3. The predicted octanol–water partition coefficient (Wildman–Crippen LogP) is 4.30. The summed E-state index contributed by atoms with van der Waals surface area (Å²) in [4.78, 5) is 38.3. The number of hydroxylamine groups is 1. The second-order valence-electron chi connectivity index (χ2n) is 14.3. The van der Waals surface area contributed by atoms with E-state index in [1.54, 1.807) is 6.07 Å². The molecule has 3 fully saturated rings. The summed E-state index contributed by atoms with van der Waals surface area (Å²) in [5, 5.41) is 0.874. The van der Waals surface area contributed by atoms with Crippen LogP contribution >= 0.6 is 0 Å². The molecule has 3 saturated heterocycles. The number of ether oxygens (including phenoxy) is 2. The molecule has 0 spiro atoms. The van der Waals surface area contributed by atoms with E-state index < -0.39 is 18.3 Å². The Balaban J connectivity index is 1.06. The summed E-state index contributed by atoms with van der Waals surface area (Å²) in [6, 6.07) is 19.4. The van der Waals surface area contributed by atoms with E-state index in [0.29, 0.717) is 55.8 Å². The van der Waals surface area contributed by atoms with Crippen LogP contribution in [0.1, 0.15) is 57.5 Å². The zero-order valence-corrected chi connectivity index (χ0v) is 29.6. The normalized spacial score (nSPS) is 21.8. The first-order valence-electron chi connectivity index (χ1n) is 17.3. The van der Waals surface area contributed by atoms with Crippen molar-refractivity contribution in [3.8, 4) is 11.3 Å². The minimum atomic E-state index is -0.433. The molecule has 2 aromatic carbocycles. The highest BCUT2D eigenvalue weighted by molar-refractivity contribution is 6.62. The topological polar surface area (TPSA) is 120 Å². The number of benzene rings is 2. The van der Waals surface area contributed by atoms with Gasteiger partial charge in [-0.3, -0.25) is 9.63 Å². The maximum absolute atomic E-state index is 13.1. The number of anilines is 2. The molecule has 0 radical (unpaired) electrons. The van der Waals surface area contributed by atoms with Crippen LogP contribution in [0.4, 0.5) is 11.8 Å². The van der Waals surface area contributed by atoms with E-state index in [0.717, 1.165) is 34.3 Å². The molecule has 2 unspecified atom stereocenters. The minimum Gasteiger partial charge on any atom is -0.399 e. The summed E-state index contributed by atoms with van der Waals surface area (Å²) in [6.45, 7) is 16.5. The van der Waals surface area contributed by atoms with Crippen LogP contribution in [0.3, 0.4) is 0 Å². The van der Waals surface area contributed by atoms with Crippen molar-refractivity contribution in [3.05, 3.63) is 71.8 Å². The second kappa shape index (κ2) is 13.9. The number of morpholine rings is 2. The Hall–Kier alpha value is -4.14. The third kappa shape index (κ3) is 6.93. The molecule has 1 N–H and O–H groups in total. The van der Waals surface area contributed by atoms with E-state index in [2.05, 4.69) is 29.1 Å². The number of aromatic nitrogens is 3. The Morgan fingerprint density at radius 3 is 2.24 bits per heavy atom. The molecule has 0 saturated carbocycles. The van der Waals surface area contributed by atoms with Gasteiger partial charge in [-0.2, -0.15) is 9.97 Å². The van der Waals surface area contributed by atoms with Crippen molar-refractivity contribution in [1.82, 2.24) is 20.4 Å². The molecule has 12 nitrogen and oxygen atoms in total. The number of carbonyl (C=O) groups is 1. The fourth-order valence-corrected chi connectivity index (χ4v) is 6.37. The van der Waals surface area contributed by atoms with Gasteiger partial charge >= 0.3 is 7.12 Å². The van der Waals surface area contributed by atoms with Crippen LogP contribution in [0.15, 0.2) is 60.7 Å². The van der Waals surface area contributed by atoms with Gasteiger partial charge < -0.3 is 28.6 Å². The van der Waals surface area contributed by atoms with Crippen LogP contribution in [-0.4, -0.2) is 90.8 Å². The van der Waals surface area contributed by atoms with Crippen molar-refractivity contribution in [2.45, 2.75) is 71.4 Å². The molecule has 50 heavy (non-hydrogen) atoms. The van der Waals surface area contributed by atoms with Crippen molar-refractivity contribution in [2.24, 2.45) is 0 Å². The van der Waals surface area contributed by atoms with Crippen LogP contribution in [0.2, 0.25) is 0 Å². The third-order valence-corrected chi connectivity index (χ3v) is 10.1. The lowest BCUT2D eigenvalue weighted by atomic mass is 9.79. The molecule has 3 aliphatic heterocycles. The average molecular weight is 681 g/mol. The zero-order chi connectivity index (χ0) is 35.0. The Morgan fingerprint density at radius 1 is 0.880 bits per heavy atom. The molecular formula is C37H45BN6O6. The summed E-state index contributed by atoms with van der Waals surface area (Å²) in [5.74, 6) is 1.14. The van der Waals surface area contributed by atoms with Gasteiger partial charge in [0, 0.05) is 24.2 Å². The van der Waals surface area contributed by atoms with Gasteiger partial charge in [-0.15, -0.1) is 0 Å². The monoisotopic (exact) mass is 680 g/mol. The lowest BCUT2D eigenvalue weighted by molar-refractivity contribution is 0.00578. The number of pyridine rings is 1. The minimum absolute atomic E-state index is 0.137. The van der Waals surface area contributed by atoms with Crippen molar-refractivity contribution in [1.29, 1.82) is 0 Å². The van der Waals surface area contributed by atoms with Gasteiger partial charge in [0.1, 0.15) is 5.82 Å². The molecular weight excluding hydrogens is 635 g/mol. The Morgan fingerprint density at radius 2 is 1.56 bits per heavy atom. The summed E-state index contributed by atoms with van der Waals surface area (Å²) < 4.78 is 23.7. The molecule has 0 bridgehead atoms. The zero-order valence-electron chi connectivity index (χ0n) is 29.6. The Bertz CT molecular complexity index is 1840. The molecule has 7 rings (SSSR count). The maximum Gasteiger partial charge on any atom is 0.494 e. The average Bonchev–Trinajstić information content (AvgIpc) is 3.34. The van der Waals surface area contributed by atoms with E-state index in [-0.39, 0.29) is 24.6 Å². The highest BCUT2D eigenvalue weighted by Gasteiger charge is 2.51. The van der Waals surface area contributed by atoms with E-state index in [1.165, 1.54) is 0 Å². The van der Waals surface area contributed by atoms with Crippen LogP contribution in [-0.2, 0) is 30.2 Å². The standard InChI is InChI=1S/C37H45BN6O6/c1-24-21-46-18-16-43(24)33-30-14-15-31(39-32(30)40-35(41-33)44-17-19-47-22-25(44)2)27-8-7-9-28(20-27)34(45)42-48-23-26-10-12-29(13-11-26)38-49-36(3,4)37(5,6)50-38/h7-15,20,24-25H,16-19,21-23H2,1-6H3,(H,42,45). The van der Waals surface area contributed by atoms with E-state index >= 15 is 0 Å². The van der Waals surface area contributed by atoms with E-state index in [4.69, 9.17) is 38.6 Å². The van der Waals surface area contributed by atoms with Gasteiger partial charge in [0.15, 0.2) is 5.65 Å². The summed E-state index contributed by atoms with van der Waals surface area (Å²) in [5.41, 5.74) is 6.15. The van der Waals surface area contributed by atoms with Crippen LogP contribution in [0.5, 0.6) is 0 Å². The largest absolute Gasteiger partial charge is 0.494 e. The van der Waals surface area contributed by atoms with Gasteiger partial charge in [0.05, 0.1) is 67.4 Å². The molecule has 3 aliphatic rings. The lowest BCUT2D eigenvalue weighted by Crippen LogP contribution is -2.46. The molecule has 13 heteroatoms. The van der Waals surface area contributed by atoms with Crippen molar-refractivity contribution >= 4 is 41.3 Å². The van der Waals surface area contributed by atoms with Crippen molar-refractivity contribution < 1.29 is 28.4 Å². The fraction of sp³-hybridized carbons (Fsp3) is 0.459. The van der Waals surface area contributed by atoms with Gasteiger partial charge in [0.25, 0.3) is 5.91 Å². The molecule has 4 aromatic rings. The van der Waals surface area contributed by atoms with E-state index in [9.17, 15) is 4.79 Å². The predicted molar refractivity (Wildman–Crippen MR) is 192 cm³/mol. The number of hydrogen-bond donors (Lipinski definition) is 1. The molecule has 262 valence electrons. The Labute approximate surface area is 293 Å². The summed E-state index contributed by atoms with van der Waals surface area (Å²) in [7, 11) is -0.433. The van der Waals surface area contributed by atoms with Gasteiger partial charge in [-0.05, 0) is 76.8 Å². The van der Waals surface area contributed by atoms with Crippen LogP contribution in [0.25, 0.3) is 22.3 Å². The molecule has 1 amide bonds. The smallest absolute Gasteiger partial charge is 0.399 e. The molecule has 2 aromatic heterocycles. The van der Waals surface area contributed by atoms with Gasteiger partial charge in [-0.1, -0.05) is 36.4 Å². The van der Waals surface area contributed by atoms with Crippen molar-refractivity contribution in [3.63, 3.8) is 0 Å². The number of nitrogens with one attached hydrogen (secondary N) is 1. The number of carbonyl (C=O) groups excluding carboxylic acids is 1. The van der Waals surface area contributed by atoms with E-state index in [1.807, 2.05) is 82.3 Å². The number of fused-ring (bicyclic) bond motifs is 1. The van der Waals surface area contributed by atoms with Crippen LogP contribution in [0, 0.1) is 0 Å². The highest BCUT2D eigenvalue weighted by atomic mass is 16.7. The van der Waals surface area contributed by atoms with Crippen molar-refractivity contribution in [2.75, 3.05) is 49.3 Å².